The summed E-state index contributed by atoms with van der Waals surface area (Å²) in [4.78, 5) is 11.8. The molecular weight excluding hydrogens is 212 g/mol. The molecular formula is C15H24O2. The van der Waals surface area contributed by atoms with Crippen molar-refractivity contribution >= 4 is 5.97 Å². The van der Waals surface area contributed by atoms with Gasteiger partial charge in [0.25, 0.3) is 0 Å². The van der Waals surface area contributed by atoms with Crippen molar-refractivity contribution in [3.05, 3.63) is 0 Å². The van der Waals surface area contributed by atoms with E-state index in [0.29, 0.717) is 5.92 Å². The first-order valence-corrected chi connectivity index (χ1v) is 6.33. The predicted molar refractivity (Wildman–Crippen MR) is 69.3 cm³/mol. The van der Waals surface area contributed by atoms with E-state index in [1.54, 1.807) is 0 Å². The van der Waals surface area contributed by atoms with E-state index in [9.17, 15) is 4.79 Å². The van der Waals surface area contributed by atoms with Crippen molar-refractivity contribution in [2.75, 3.05) is 0 Å². The van der Waals surface area contributed by atoms with Crippen LogP contribution in [0.1, 0.15) is 54.4 Å². The van der Waals surface area contributed by atoms with Crippen LogP contribution < -0.4 is 0 Å². The molecule has 0 radical (unpaired) electrons. The summed E-state index contributed by atoms with van der Waals surface area (Å²) in [7, 11) is 0. The summed E-state index contributed by atoms with van der Waals surface area (Å²) < 4.78 is 5.52. The van der Waals surface area contributed by atoms with Crippen LogP contribution in [0.4, 0.5) is 0 Å². The van der Waals surface area contributed by atoms with Gasteiger partial charge >= 0.3 is 5.97 Å². The maximum atomic E-state index is 11.8. The Morgan fingerprint density at radius 3 is 2.06 bits per heavy atom. The van der Waals surface area contributed by atoms with Crippen molar-refractivity contribution in [3.8, 4) is 11.8 Å². The van der Waals surface area contributed by atoms with Gasteiger partial charge in [-0.25, -0.2) is 0 Å². The van der Waals surface area contributed by atoms with Gasteiger partial charge in [0.1, 0.15) is 0 Å². The molecule has 2 heteroatoms. The molecule has 1 saturated carbocycles. The van der Waals surface area contributed by atoms with Crippen LogP contribution in [0.2, 0.25) is 0 Å². The first kappa shape index (κ1) is 14.1. The molecule has 0 aliphatic heterocycles. The Kier molecular flexibility index (Phi) is 3.91. The molecule has 1 unspecified atom stereocenters. The molecule has 1 atom stereocenters. The van der Waals surface area contributed by atoms with Crippen LogP contribution in [0.15, 0.2) is 0 Å². The van der Waals surface area contributed by atoms with Crippen molar-refractivity contribution in [3.63, 3.8) is 0 Å². The number of carbonyl (C=O) groups excluding carboxylic acids is 1. The standard InChI is InChI=1S/C15H24O2/c1-14(2,3)10-9-12(11-7-8-11)17-13(16)15(4,5)6/h11-12H,7-8H2,1-6H3. The van der Waals surface area contributed by atoms with Crippen LogP contribution in [-0.2, 0) is 9.53 Å². The summed E-state index contributed by atoms with van der Waals surface area (Å²) in [6.45, 7) is 11.8. The zero-order valence-corrected chi connectivity index (χ0v) is 11.9. The zero-order chi connectivity index (χ0) is 13.3. The minimum Gasteiger partial charge on any atom is -0.448 e. The van der Waals surface area contributed by atoms with E-state index in [1.165, 1.54) is 0 Å². The maximum absolute atomic E-state index is 11.8. The molecule has 0 aromatic heterocycles. The second-order valence-corrected chi connectivity index (χ2v) is 6.93. The first-order chi connectivity index (χ1) is 7.59. The number of hydrogen-bond donors (Lipinski definition) is 0. The van der Waals surface area contributed by atoms with Crippen molar-refractivity contribution in [2.24, 2.45) is 16.7 Å². The van der Waals surface area contributed by atoms with Crippen LogP contribution in [0, 0.1) is 28.6 Å². The predicted octanol–water partition coefficient (Wildman–Crippen LogP) is 3.40. The zero-order valence-electron chi connectivity index (χ0n) is 11.9. The molecule has 0 aromatic rings. The van der Waals surface area contributed by atoms with Crippen LogP contribution in [0.3, 0.4) is 0 Å². The normalized spacial score (nSPS) is 18.0. The lowest BCUT2D eigenvalue weighted by Gasteiger charge is -2.20. The summed E-state index contributed by atoms with van der Waals surface area (Å²) in [5, 5.41) is 0. The van der Waals surface area contributed by atoms with Gasteiger partial charge in [0.15, 0.2) is 6.10 Å². The lowest BCUT2D eigenvalue weighted by atomic mass is 9.96. The molecule has 1 aliphatic carbocycles. The number of ether oxygens (including phenoxy) is 1. The van der Waals surface area contributed by atoms with Gasteiger partial charge in [0, 0.05) is 11.3 Å². The maximum Gasteiger partial charge on any atom is 0.312 e. The summed E-state index contributed by atoms with van der Waals surface area (Å²) in [5.74, 6) is 6.60. The van der Waals surface area contributed by atoms with Gasteiger partial charge in [-0.05, 0) is 54.4 Å². The summed E-state index contributed by atoms with van der Waals surface area (Å²) >= 11 is 0. The molecule has 0 bridgehead atoms. The van der Waals surface area contributed by atoms with Crippen molar-refractivity contribution < 1.29 is 9.53 Å². The highest BCUT2D eigenvalue weighted by molar-refractivity contribution is 5.75. The Labute approximate surface area is 105 Å². The molecule has 17 heavy (non-hydrogen) atoms. The van der Waals surface area contributed by atoms with Gasteiger partial charge in [-0.2, -0.15) is 0 Å². The Balaban J connectivity index is 2.67. The van der Waals surface area contributed by atoms with Crippen molar-refractivity contribution in [1.29, 1.82) is 0 Å². The summed E-state index contributed by atoms with van der Waals surface area (Å²) in [6, 6.07) is 0. The third-order valence-electron chi connectivity index (χ3n) is 2.49. The van der Waals surface area contributed by atoms with Crippen LogP contribution >= 0.6 is 0 Å². The molecule has 1 aliphatic rings. The molecule has 0 saturated heterocycles. The molecule has 1 rings (SSSR count). The van der Waals surface area contributed by atoms with E-state index in [1.807, 2.05) is 20.8 Å². The third-order valence-corrected chi connectivity index (χ3v) is 2.49. The molecule has 0 N–H and O–H groups in total. The van der Waals surface area contributed by atoms with Crippen molar-refractivity contribution in [2.45, 2.75) is 60.5 Å². The topological polar surface area (TPSA) is 26.3 Å². The molecule has 0 heterocycles. The van der Waals surface area contributed by atoms with Gasteiger partial charge in [-0.1, -0.05) is 11.8 Å². The summed E-state index contributed by atoms with van der Waals surface area (Å²) in [5.41, 5.74) is -0.488. The second kappa shape index (κ2) is 4.72. The fourth-order valence-corrected chi connectivity index (χ4v) is 1.22. The minimum absolute atomic E-state index is 0.0404. The fourth-order valence-electron chi connectivity index (χ4n) is 1.22. The lowest BCUT2D eigenvalue weighted by Crippen LogP contribution is -2.28. The molecule has 0 amide bonds. The van der Waals surface area contributed by atoms with Gasteiger partial charge in [-0.15, -0.1) is 0 Å². The quantitative estimate of drug-likeness (QED) is 0.542. The number of carbonyl (C=O) groups is 1. The van der Waals surface area contributed by atoms with E-state index < -0.39 is 5.41 Å². The first-order valence-electron chi connectivity index (χ1n) is 6.33. The van der Waals surface area contributed by atoms with Crippen LogP contribution in [-0.4, -0.2) is 12.1 Å². The Bertz CT molecular complexity index is 340. The van der Waals surface area contributed by atoms with Gasteiger partial charge in [0.05, 0.1) is 5.41 Å². The SMILES string of the molecule is CC(C)(C)C#CC(OC(=O)C(C)(C)C)C1CC1. The monoisotopic (exact) mass is 236 g/mol. The van der Waals surface area contributed by atoms with E-state index in [4.69, 9.17) is 4.74 Å². The van der Waals surface area contributed by atoms with E-state index in [0.717, 1.165) is 12.8 Å². The number of hydrogen-bond acceptors (Lipinski definition) is 2. The smallest absolute Gasteiger partial charge is 0.312 e. The lowest BCUT2D eigenvalue weighted by molar-refractivity contribution is -0.156. The van der Waals surface area contributed by atoms with E-state index in [2.05, 4.69) is 32.6 Å². The van der Waals surface area contributed by atoms with Gasteiger partial charge in [0.2, 0.25) is 0 Å². The highest BCUT2D eigenvalue weighted by atomic mass is 16.5. The van der Waals surface area contributed by atoms with Gasteiger partial charge in [-0.3, -0.25) is 4.79 Å². The molecule has 1 fully saturated rings. The number of esters is 1. The van der Waals surface area contributed by atoms with E-state index >= 15 is 0 Å². The van der Waals surface area contributed by atoms with Crippen LogP contribution in [0.5, 0.6) is 0 Å². The largest absolute Gasteiger partial charge is 0.448 e. The van der Waals surface area contributed by atoms with Crippen LogP contribution in [0.25, 0.3) is 0 Å². The highest BCUT2D eigenvalue weighted by Crippen LogP contribution is 2.35. The molecule has 96 valence electrons. The Morgan fingerprint density at radius 1 is 1.18 bits per heavy atom. The molecule has 2 nitrogen and oxygen atoms in total. The van der Waals surface area contributed by atoms with E-state index in [-0.39, 0.29) is 17.5 Å². The Morgan fingerprint density at radius 2 is 1.71 bits per heavy atom. The molecule has 0 spiro atoms. The summed E-state index contributed by atoms with van der Waals surface area (Å²) in [6.07, 6.45) is 2.04. The number of rotatable bonds is 2. The average molecular weight is 236 g/mol. The van der Waals surface area contributed by atoms with Crippen molar-refractivity contribution in [1.82, 2.24) is 0 Å². The third kappa shape index (κ3) is 5.26. The van der Waals surface area contributed by atoms with Gasteiger partial charge < -0.3 is 4.74 Å². The second-order valence-electron chi connectivity index (χ2n) is 6.93. The average Bonchev–Trinajstić information content (AvgIpc) is 2.91. The minimum atomic E-state index is -0.448. The molecule has 0 aromatic carbocycles. The highest BCUT2D eigenvalue weighted by Gasteiger charge is 2.35. The Hall–Kier alpha value is -0.970. The fraction of sp³-hybridized carbons (Fsp3) is 0.800.